The smallest absolute Gasteiger partial charge is 0.341 e. The van der Waals surface area contributed by atoms with Gasteiger partial charge < -0.3 is 32.3 Å². The molecule has 0 saturated heterocycles. The zero-order valence-corrected chi connectivity index (χ0v) is 22.7. The summed E-state index contributed by atoms with van der Waals surface area (Å²) in [6, 6.07) is 12.8. The normalized spacial score (nSPS) is 10.8. The molecule has 0 aliphatic carbocycles. The Balaban J connectivity index is 1.84. The van der Waals surface area contributed by atoms with Gasteiger partial charge in [-0.3, -0.25) is 9.59 Å². The maximum atomic E-state index is 13.7. The molecule has 192 valence electrons. The number of nitrogens with zero attached hydrogens (tertiary/aromatic N) is 3. The van der Waals surface area contributed by atoms with Crippen LogP contribution in [-0.4, -0.2) is 55.1 Å². The highest BCUT2D eigenvalue weighted by Gasteiger charge is 2.30. The van der Waals surface area contributed by atoms with Crippen LogP contribution in [0.25, 0.3) is 11.3 Å². The van der Waals surface area contributed by atoms with Crippen molar-refractivity contribution < 1.29 is 28.3 Å². The molecule has 0 bridgehead atoms. The van der Waals surface area contributed by atoms with Crippen LogP contribution >= 0.6 is 11.3 Å². The molecule has 0 unspecified atom stereocenters. The molecule has 0 aliphatic heterocycles. The van der Waals surface area contributed by atoms with Crippen molar-refractivity contribution in [2.24, 2.45) is 0 Å². The number of ether oxygens (including phenoxy) is 2. The minimum atomic E-state index is -0.616. The fraction of sp³-hybridized carbons (Fsp3) is 0.231. The number of thiophene rings is 1. The number of amides is 2. The second-order valence-electron chi connectivity index (χ2n) is 8.25. The molecule has 37 heavy (non-hydrogen) atoms. The van der Waals surface area contributed by atoms with E-state index in [0.717, 1.165) is 17.0 Å². The third-order valence-corrected chi connectivity index (χ3v) is 7.27. The fourth-order valence-electron chi connectivity index (χ4n) is 3.94. The third-order valence-electron chi connectivity index (χ3n) is 5.69. The number of anilines is 1. The van der Waals surface area contributed by atoms with Crippen LogP contribution in [0, 0.1) is 6.92 Å². The molecule has 0 aliphatic rings. The first kappa shape index (κ1) is 26.1. The molecule has 2 amide bonds. The first-order valence-corrected chi connectivity index (χ1v) is 12.6. The van der Waals surface area contributed by atoms with E-state index in [9.17, 15) is 14.4 Å². The number of benzene rings is 1. The summed E-state index contributed by atoms with van der Waals surface area (Å²) in [6.45, 7) is 3.51. The number of hydrogen-bond acceptors (Lipinski definition) is 7. The molecular formula is C26H26N4O5S2. The SMILES string of the molecule is CCOC(=O)c1c(NC(=O)c2c([S-])n(-c3cccc(OC)c3)c3cccc[n+]23)sc(C(=O)N(C)C)c1C. The van der Waals surface area contributed by atoms with Gasteiger partial charge in [-0.1, -0.05) is 12.1 Å². The van der Waals surface area contributed by atoms with E-state index in [1.807, 2.05) is 36.4 Å². The van der Waals surface area contributed by atoms with E-state index in [1.54, 1.807) is 56.3 Å². The second kappa shape index (κ2) is 10.6. The van der Waals surface area contributed by atoms with Crippen LogP contribution in [0.3, 0.4) is 0 Å². The van der Waals surface area contributed by atoms with Crippen LogP contribution in [0.1, 0.15) is 43.0 Å². The van der Waals surface area contributed by atoms with Gasteiger partial charge in [0, 0.05) is 31.3 Å². The number of esters is 1. The van der Waals surface area contributed by atoms with Crippen LogP contribution in [0.5, 0.6) is 5.75 Å². The third kappa shape index (κ3) is 4.75. The summed E-state index contributed by atoms with van der Waals surface area (Å²) in [4.78, 5) is 41.0. The Morgan fingerprint density at radius 1 is 1.16 bits per heavy atom. The molecule has 11 heteroatoms. The number of nitrogens with one attached hydrogen (secondary N) is 1. The number of fused-ring (bicyclic) bond motifs is 1. The highest BCUT2D eigenvalue weighted by molar-refractivity contribution is 7.58. The fourth-order valence-corrected chi connectivity index (χ4v) is 5.55. The van der Waals surface area contributed by atoms with Gasteiger partial charge in [0.15, 0.2) is 0 Å². The lowest BCUT2D eigenvalue weighted by Gasteiger charge is -2.09. The van der Waals surface area contributed by atoms with Crippen molar-refractivity contribution in [2.45, 2.75) is 18.9 Å². The van der Waals surface area contributed by atoms with Gasteiger partial charge in [-0.05, 0) is 37.6 Å². The van der Waals surface area contributed by atoms with Crippen LogP contribution < -0.4 is 14.5 Å². The lowest BCUT2D eigenvalue weighted by atomic mass is 10.1. The molecular weight excluding hydrogens is 512 g/mol. The van der Waals surface area contributed by atoms with Gasteiger partial charge in [-0.15, -0.1) is 11.3 Å². The van der Waals surface area contributed by atoms with E-state index in [2.05, 4.69) is 5.32 Å². The summed E-state index contributed by atoms with van der Waals surface area (Å²) in [5.41, 5.74) is 2.20. The predicted octanol–water partition coefficient (Wildman–Crippen LogP) is 3.63. The van der Waals surface area contributed by atoms with Crippen molar-refractivity contribution in [1.82, 2.24) is 9.47 Å². The Hall–Kier alpha value is -3.96. The summed E-state index contributed by atoms with van der Waals surface area (Å²) in [6.07, 6.45) is 1.74. The Bertz CT molecular complexity index is 1520. The van der Waals surface area contributed by atoms with Crippen molar-refractivity contribution >= 4 is 52.4 Å². The quantitative estimate of drug-likeness (QED) is 0.219. The molecule has 0 saturated carbocycles. The number of methoxy groups -OCH3 is 1. The minimum Gasteiger partial charge on any atom is -0.732 e. The van der Waals surface area contributed by atoms with Gasteiger partial charge in [0.25, 0.3) is 17.5 Å². The molecule has 9 nitrogen and oxygen atoms in total. The van der Waals surface area contributed by atoms with Crippen molar-refractivity contribution in [3.05, 3.63) is 70.4 Å². The number of hydrogen-bond donors (Lipinski definition) is 1. The predicted molar refractivity (Wildman–Crippen MR) is 142 cm³/mol. The van der Waals surface area contributed by atoms with Crippen molar-refractivity contribution in [3.63, 3.8) is 0 Å². The minimum absolute atomic E-state index is 0.151. The van der Waals surface area contributed by atoms with Crippen LogP contribution in [0.15, 0.2) is 53.7 Å². The maximum Gasteiger partial charge on any atom is 0.341 e. The molecule has 1 N–H and O–H groups in total. The number of carbonyl (C=O) groups excluding carboxylic acids is 3. The average Bonchev–Trinajstić information content (AvgIpc) is 3.36. The second-order valence-corrected chi connectivity index (χ2v) is 9.66. The van der Waals surface area contributed by atoms with E-state index in [4.69, 9.17) is 22.1 Å². The number of carbonyl (C=O) groups is 3. The van der Waals surface area contributed by atoms with Crippen molar-refractivity contribution in [3.8, 4) is 11.4 Å². The molecule has 0 radical (unpaired) electrons. The van der Waals surface area contributed by atoms with E-state index >= 15 is 0 Å². The molecule has 4 aromatic rings. The van der Waals surface area contributed by atoms with E-state index in [0.29, 0.717) is 21.8 Å². The molecule has 4 rings (SSSR count). The number of aromatic nitrogens is 2. The largest absolute Gasteiger partial charge is 0.732 e. The Morgan fingerprint density at radius 3 is 2.59 bits per heavy atom. The maximum absolute atomic E-state index is 13.7. The first-order valence-electron chi connectivity index (χ1n) is 11.4. The lowest BCUT2D eigenvalue weighted by molar-refractivity contribution is -0.514. The Kier molecular flexibility index (Phi) is 7.46. The Morgan fingerprint density at radius 2 is 1.92 bits per heavy atom. The first-order chi connectivity index (χ1) is 17.7. The number of pyridine rings is 1. The molecule has 3 aromatic heterocycles. The Labute approximate surface area is 223 Å². The van der Waals surface area contributed by atoms with E-state index < -0.39 is 11.9 Å². The highest BCUT2D eigenvalue weighted by Crippen LogP contribution is 2.35. The van der Waals surface area contributed by atoms with Crippen LogP contribution in [0.4, 0.5) is 5.00 Å². The summed E-state index contributed by atoms with van der Waals surface area (Å²) in [7, 11) is 4.82. The number of rotatable bonds is 7. The average molecular weight is 539 g/mol. The monoisotopic (exact) mass is 538 g/mol. The highest BCUT2D eigenvalue weighted by atomic mass is 32.1. The van der Waals surface area contributed by atoms with Gasteiger partial charge in [0.2, 0.25) is 5.69 Å². The molecule has 3 heterocycles. The molecule has 0 atom stereocenters. The van der Waals surface area contributed by atoms with Crippen molar-refractivity contribution in [1.29, 1.82) is 0 Å². The van der Waals surface area contributed by atoms with Crippen molar-refractivity contribution in [2.75, 3.05) is 33.1 Å². The van der Waals surface area contributed by atoms with E-state index in [1.165, 1.54) is 4.90 Å². The summed E-state index contributed by atoms with van der Waals surface area (Å²) in [5, 5.41) is 3.32. The van der Waals surface area contributed by atoms with Gasteiger partial charge in [0.05, 0.1) is 30.4 Å². The van der Waals surface area contributed by atoms with Gasteiger partial charge in [-0.25, -0.2) is 9.36 Å². The summed E-state index contributed by atoms with van der Waals surface area (Å²) in [5.74, 6) is -0.772. The molecule has 1 aromatic carbocycles. The van der Waals surface area contributed by atoms with Crippen LogP contribution in [0.2, 0.25) is 0 Å². The topological polar surface area (TPSA) is 94.0 Å². The number of imidazole rings is 1. The molecule has 0 spiro atoms. The van der Waals surface area contributed by atoms with Gasteiger partial charge >= 0.3 is 5.97 Å². The standard InChI is InChI=1S/C26H26N4O5S2/c1-6-35-26(33)19-15(2)21(24(32)28(3)4)37-23(19)27-22(31)20-25(36)30(18-12-7-8-13-29(18)20)16-10-9-11-17(14-16)34-5/h7-14H,6H2,1-5H3,(H-,27,31,32,33,36). The van der Waals surface area contributed by atoms with Crippen LogP contribution in [-0.2, 0) is 17.4 Å². The zero-order valence-electron chi connectivity index (χ0n) is 21.0. The van der Waals surface area contributed by atoms with Gasteiger partial charge in [-0.2, -0.15) is 4.40 Å². The summed E-state index contributed by atoms with van der Waals surface area (Å²) < 4.78 is 14.0. The molecule has 0 fully saturated rings. The van der Waals surface area contributed by atoms with Gasteiger partial charge in [0.1, 0.15) is 16.4 Å². The van der Waals surface area contributed by atoms with E-state index in [-0.39, 0.29) is 33.8 Å². The summed E-state index contributed by atoms with van der Waals surface area (Å²) >= 11 is 6.80. The zero-order chi connectivity index (χ0) is 26.9. The lowest BCUT2D eigenvalue weighted by Crippen LogP contribution is -2.31.